The van der Waals surface area contributed by atoms with E-state index in [0.717, 1.165) is 6.07 Å². The first-order valence-electron chi connectivity index (χ1n) is 9.77. The Morgan fingerprint density at radius 3 is 2.78 bits per heavy atom. The van der Waals surface area contributed by atoms with Crippen molar-refractivity contribution >= 4 is 32.6 Å². The largest absolute Gasteiger partial charge is 0.461 e. The number of aromatic nitrogens is 1. The summed E-state index contributed by atoms with van der Waals surface area (Å²) in [5.74, 6) is -1.47. The fourth-order valence-corrected chi connectivity index (χ4v) is 4.38. The van der Waals surface area contributed by atoms with Crippen molar-refractivity contribution in [2.45, 2.75) is 19.0 Å². The minimum atomic E-state index is -4.70. The van der Waals surface area contributed by atoms with Crippen molar-refractivity contribution in [1.29, 1.82) is 0 Å². The third kappa shape index (κ3) is 4.62. The molecule has 1 fully saturated rings. The van der Waals surface area contributed by atoms with Gasteiger partial charge in [0.05, 0.1) is 15.8 Å². The highest BCUT2D eigenvalue weighted by Gasteiger charge is 2.44. The maximum atomic E-state index is 13.8. The van der Waals surface area contributed by atoms with E-state index in [1.165, 1.54) is 40.5 Å². The number of nitrogens with zero attached hydrogens (tertiary/aromatic N) is 2. The zero-order valence-corrected chi connectivity index (χ0v) is 17.4. The molecule has 0 radical (unpaired) electrons. The Balaban J connectivity index is 1.39. The number of halogens is 5. The number of hydrogen-bond donors (Lipinski definition) is 1. The minimum absolute atomic E-state index is 0.0476. The Kier molecular flexibility index (Phi) is 6.18. The zero-order valence-electron chi connectivity index (χ0n) is 16.5. The van der Waals surface area contributed by atoms with Crippen LogP contribution in [0.4, 0.5) is 27.1 Å². The normalized spacial score (nSPS) is 16.7. The lowest BCUT2D eigenvalue weighted by atomic mass is 10.1. The fraction of sp³-hybridized carbons (Fsp3) is 0.333. The number of likely N-dealkylation sites (tertiary alicyclic amines) is 1. The lowest BCUT2D eigenvalue weighted by Crippen LogP contribution is -2.35. The molecule has 1 saturated heterocycles. The summed E-state index contributed by atoms with van der Waals surface area (Å²) in [5.41, 5.74) is 0.348. The van der Waals surface area contributed by atoms with Gasteiger partial charge < -0.3 is 15.0 Å². The van der Waals surface area contributed by atoms with Crippen LogP contribution in [0.3, 0.4) is 0 Å². The molecule has 0 unspecified atom stereocenters. The number of ether oxygens (including phenoxy) is 1. The summed E-state index contributed by atoms with van der Waals surface area (Å²) in [7, 11) is 0. The Hall–Kier alpha value is -2.95. The van der Waals surface area contributed by atoms with Gasteiger partial charge in [-0.25, -0.2) is 9.37 Å². The summed E-state index contributed by atoms with van der Waals surface area (Å²) >= 11 is 1.19. The average molecular weight is 471 g/mol. The minimum Gasteiger partial charge on any atom is -0.427 e. The van der Waals surface area contributed by atoms with E-state index in [1.54, 1.807) is 12.1 Å². The first-order chi connectivity index (χ1) is 15.2. The van der Waals surface area contributed by atoms with Crippen LogP contribution in [0.25, 0.3) is 10.2 Å². The van der Waals surface area contributed by atoms with Gasteiger partial charge in [0.1, 0.15) is 11.6 Å². The number of fused-ring (bicyclic) bond motifs is 1. The Bertz CT molecular complexity index is 1120. The summed E-state index contributed by atoms with van der Waals surface area (Å²) < 4.78 is 70.1. The molecule has 1 aliphatic rings. The Morgan fingerprint density at radius 1 is 1.25 bits per heavy atom. The van der Waals surface area contributed by atoms with E-state index in [-0.39, 0.29) is 17.3 Å². The highest BCUT2D eigenvalue weighted by atomic mass is 32.1. The summed E-state index contributed by atoms with van der Waals surface area (Å²) in [6.45, 7) is 1.19. The molecule has 3 aromatic rings. The molecule has 11 heteroatoms. The van der Waals surface area contributed by atoms with E-state index >= 15 is 0 Å². The molecule has 170 valence electrons. The van der Waals surface area contributed by atoms with Gasteiger partial charge in [-0.15, -0.1) is 0 Å². The van der Waals surface area contributed by atoms with Crippen molar-refractivity contribution < 1.29 is 31.5 Å². The van der Waals surface area contributed by atoms with E-state index in [2.05, 4.69) is 15.0 Å². The van der Waals surface area contributed by atoms with Crippen LogP contribution in [0.15, 0.2) is 42.5 Å². The molecule has 1 atom stereocenters. The van der Waals surface area contributed by atoms with E-state index in [9.17, 15) is 26.7 Å². The maximum Gasteiger partial charge on any atom is 0.461 e. The number of hydrogen-bond acceptors (Lipinski definition) is 5. The maximum absolute atomic E-state index is 13.8. The van der Waals surface area contributed by atoms with Crippen molar-refractivity contribution in [2.75, 3.05) is 25.0 Å². The molecule has 1 N–H and O–H groups in total. The molecule has 0 saturated carbocycles. The number of anilines is 1. The molecule has 1 aliphatic heterocycles. The first kappa shape index (κ1) is 22.3. The number of rotatable bonds is 7. The van der Waals surface area contributed by atoms with Crippen LogP contribution in [-0.4, -0.2) is 48.0 Å². The molecule has 32 heavy (non-hydrogen) atoms. The van der Waals surface area contributed by atoms with Gasteiger partial charge in [-0.3, -0.25) is 4.79 Å². The van der Waals surface area contributed by atoms with Crippen LogP contribution in [0.1, 0.15) is 16.8 Å². The quantitative estimate of drug-likeness (QED) is 0.479. The lowest BCUT2D eigenvalue weighted by Gasteiger charge is -2.21. The first-order valence-corrected chi connectivity index (χ1v) is 10.6. The standard InChI is InChI=1S/C21H18F5N3O2S/c22-14-5-3-6-15-17(14)32-20(28-15)27-10-12-8-9-29(11-12)18(30)13-4-1-2-7-16(13)31-21(25,26)19(23)24/h1-7,12,19H,8-11H2,(H,27,28)/t12-/m0/s1. The van der Waals surface area contributed by atoms with Gasteiger partial charge in [-0.2, -0.15) is 17.6 Å². The third-order valence-electron chi connectivity index (χ3n) is 5.10. The van der Waals surface area contributed by atoms with Crippen molar-refractivity contribution in [3.8, 4) is 5.75 Å². The molecule has 2 aromatic carbocycles. The number of carbonyl (C=O) groups excluding carboxylic acids is 1. The van der Waals surface area contributed by atoms with Crippen LogP contribution in [-0.2, 0) is 0 Å². The molecule has 0 bridgehead atoms. The topological polar surface area (TPSA) is 54.5 Å². The fourth-order valence-electron chi connectivity index (χ4n) is 3.50. The van der Waals surface area contributed by atoms with Gasteiger partial charge in [0, 0.05) is 19.6 Å². The monoisotopic (exact) mass is 471 g/mol. The van der Waals surface area contributed by atoms with Crippen LogP contribution in [0.5, 0.6) is 5.75 Å². The molecule has 0 aliphatic carbocycles. The molecule has 4 rings (SSSR count). The number of amides is 1. The van der Waals surface area contributed by atoms with E-state index < -0.39 is 24.2 Å². The second kappa shape index (κ2) is 8.89. The van der Waals surface area contributed by atoms with Gasteiger partial charge in [0.15, 0.2) is 5.13 Å². The SMILES string of the molecule is O=C(c1ccccc1OC(F)(F)C(F)F)N1CC[C@@H](CNc2nc3cccc(F)c3s2)C1. The zero-order chi connectivity index (χ0) is 22.9. The van der Waals surface area contributed by atoms with E-state index in [0.29, 0.717) is 41.4 Å². The number of benzene rings is 2. The third-order valence-corrected chi connectivity index (χ3v) is 6.14. The van der Waals surface area contributed by atoms with Gasteiger partial charge in [-0.1, -0.05) is 29.5 Å². The van der Waals surface area contributed by atoms with Gasteiger partial charge in [0.2, 0.25) is 0 Å². The molecule has 5 nitrogen and oxygen atoms in total. The summed E-state index contributed by atoms with van der Waals surface area (Å²) in [5, 5.41) is 3.71. The molecule has 0 spiro atoms. The molecule has 2 heterocycles. The van der Waals surface area contributed by atoms with Crippen molar-refractivity contribution in [2.24, 2.45) is 5.92 Å². The summed E-state index contributed by atoms with van der Waals surface area (Å²) in [6, 6.07) is 9.76. The van der Waals surface area contributed by atoms with Gasteiger partial charge in [-0.05, 0) is 36.6 Å². The van der Waals surface area contributed by atoms with E-state index in [4.69, 9.17) is 0 Å². The second-order valence-corrected chi connectivity index (χ2v) is 8.35. The Labute approximate surface area is 183 Å². The van der Waals surface area contributed by atoms with Crippen LogP contribution >= 0.6 is 11.3 Å². The highest BCUT2D eigenvalue weighted by Crippen LogP contribution is 2.32. The predicted octanol–water partition coefficient (Wildman–Crippen LogP) is 5.25. The van der Waals surface area contributed by atoms with Crippen LogP contribution < -0.4 is 10.1 Å². The predicted molar refractivity (Wildman–Crippen MR) is 110 cm³/mol. The molecule has 1 aromatic heterocycles. The molecular weight excluding hydrogens is 453 g/mol. The smallest absolute Gasteiger partial charge is 0.427 e. The van der Waals surface area contributed by atoms with Crippen molar-refractivity contribution in [3.05, 3.63) is 53.8 Å². The summed E-state index contributed by atoms with van der Waals surface area (Å²) in [6.07, 6.45) is -8.08. The number of carbonyl (C=O) groups is 1. The second-order valence-electron chi connectivity index (χ2n) is 7.35. The van der Waals surface area contributed by atoms with Gasteiger partial charge >= 0.3 is 12.5 Å². The van der Waals surface area contributed by atoms with Crippen molar-refractivity contribution in [1.82, 2.24) is 9.88 Å². The number of alkyl halides is 4. The average Bonchev–Trinajstić information content (AvgIpc) is 3.39. The van der Waals surface area contributed by atoms with Crippen LogP contribution in [0, 0.1) is 11.7 Å². The number of thiazole rings is 1. The van der Waals surface area contributed by atoms with E-state index in [1.807, 2.05) is 0 Å². The summed E-state index contributed by atoms with van der Waals surface area (Å²) in [4.78, 5) is 18.6. The number of nitrogens with one attached hydrogen (secondary N) is 1. The molecular formula is C21H18F5N3O2S. The number of para-hydroxylation sites is 1. The molecule has 1 amide bonds. The Morgan fingerprint density at radius 2 is 2.03 bits per heavy atom. The van der Waals surface area contributed by atoms with Crippen molar-refractivity contribution in [3.63, 3.8) is 0 Å². The highest BCUT2D eigenvalue weighted by molar-refractivity contribution is 7.22. The van der Waals surface area contributed by atoms with Gasteiger partial charge in [0.25, 0.3) is 5.91 Å². The lowest BCUT2D eigenvalue weighted by molar-refractivity contribution is -0.253. The van der Waals surface area contributed by atoms with Crippen LogP contribution in [0.2, 0.25) is 0 Å².